The van der Waals surface area contributed by atoms with Crippen molar-refractivity contribution in [3.63, 3.8) is 0 Å². The molecule has 0 aromatic carbocycles. The molecule has 0 radical (unpaired) electrons. The lowest BCUT2D eigenvalue weighted by atomic mass is 9.79. The summed E-state index contributed by atoms with van der Waals surface area (Å²) in [4.78, 5) is 22.5. The summed E-state index contributed by atoms with van der Waals surface area (Å²) in [7, 11) is 0. The van der Waals surface area contributed by atoms with Gasteiger partial charge in [-0.05, 0) is 37.5 Å². The molecule has 1 fully saturated rings. The van der Waals surface area contributed by atoms with E-state index in [4.69, 9.17) is 14.9 Å². The molecule has 1 rings (SSSR count). The number of aliphatic carboxylic acids is 1. The molecule has 1 N–H and O–H groups in total. The third kappa shape index (κ3) is 7.03. The largest absolute Gasteiger partial charge is 0.481 e. The van der Waals surface area contributed by atoms with Gasteiger partial charge in [-0.3, -0.25) is 4.79 Å². The quantitative estimate of drug-likeness (QED) is 0.324. The van der Waals surface area contributed by atoms with E-state index in [-0.39, 0.29) is 18.4 Å². The Balaban J connectivity index is 2.89. The van der Waals surface area contributed by atoms with Gasteiger partial charge in [-0.2, -0.15) is 0 Å². The summed E-state index contributed by atoms with van der Waals surface area (Å²) in [6.07, 6.45) is 11.8. The summed E-state index contributed by atoms with van der Waals surface area (Å²) < 4.78 is 0. The first-order chi connectivity index (χ1) is 12.4. The molecule has 0 amide bonds. The van der Waals surface area contributed by atoms with E-state index in [1.165, 1.54) is 31.3 Å². The van der Waals surface area contributed by atoms with Crippen molar-refractivity contribution in [2.24, 2.45) is 11.8 Å². The molecule has 0 aliphatic carbocycles. The fraction of sp³-hybridized carbons (Fsp3) is 0.864. The van der Waals surface area contributed by atoms with Gasteiger partial charge in [0.1, 0.15) is 11.7 Å². The van der Waals surface area contributed by atoms with Crippen LogP contribution < -0.4 is 0 Å². The van der Waals surface area contributed by atoms with E-state index < -0.39 is 11.6 Å². The second-order valence-corrected chi connectivity index (χ2v) is 7.88. The smallest absolute Gasteiger partial charge is 0.306 e. The molecule has 4 atom stereocenters. The Labute approximate surface area is 160 Å². The van der Waals surface area contributed by atoms with E-state index in [1.807, 2.05) is 0 Å². The second-order valence-electron chi connectivity index (χ2n) is 7.88. The molecule has 1 unspecified atom stereocenters. The Morgan fingerprint density at radius 1 is 1.27 bits per heavy atom. The Kier molecular flexibility index (Phi) is 10.5. The van der Waals surface area contributed by atoms with Crippen LogP contribution in [0.2, 0.25) is 0 Å². The van der Waals surface area contributed by atoms with Crippen LogP contribution in [-0.2, 0) is 14.6 Å². The van der Waals surface area contributed by atoms with E-state index in [0.717, 1.165) is 38.0 Å². The average molecular weight is 369 g/mol. The Morgan fingerprint density at radius 3 is 2.50 bits per heavy atom. The molecular formula is C22H40O4. The van der Waals surface area contributed by atoms with Gasteiger partial charge in [-0.1, -0.05) is 78.4 Å². The van der Waals surface area contributed by atoms with Crippen molar-refractivity contribution in [1.29, 1.82) is 0 Å². The standard InChI is InChI=1S/C22H40O4/c1-6-11-12-17(7-2)13-18(8-3)15-22(10-5)16-19(9-4)20(25-26-22)14-21(23)24/h15,17,19-20H,6-14,16H2,1-5H3,(H,23,24)/b18-15+/t17?,19-,20-,22-/m0/s1. The van der Waals surface area contributed by atoms with Crippen LogP contribution in [-0.4, -0.2) is 22.8 Å². The predicted octanol–water partition coefficient (Wildman–Crippen LogP) is 6.30. The summed E-state index contributed by atoms with van der Waals surface area (Å²) >= 11 is 0. The molecule has 0 spiro atoms. The first kappa shape index (κ1) is 23.2. The normalized spacial score (nSPS) is 28.1. The number of carboxylic acid groups (broad SMARTS) is 1. The molecule has 1 saturated heterocycles. The topological polar surface area (TPSA) is 55.8 Å². The molecule has 0 aromatic rings. The van der Waals surface area contributed by atoms with Gasteiger partial charge in [-0.15, -0.1) is 0 Å². The molecular weight excluding hydrogens is 328 g/mol. The fourth-order valence-corrected chi connectivity index (χ4v) is 4.01. The van der Waals surface area contributed by atoms with Crippen LogP contribution in [0.1, 0.15) is 98.8 Å². The molecule has 1 heterocycles. The van der Waals surface area contributed by atoms with Gasteiger partial charge in [0.15, 0.2) is 0 Å². The Bertz CT molecular complexity index is 445. The van der Waals surface area contributed by atoms with Crippen LogP contribution in [0.5, 0.6) is 0 Å². The molecule has 0 bridgehead atoms. The maximum atomic E-state index is 11.1. The maximum Gasteiger partial charge on any atom is 0.306 e. The Morgan fingerprint density at radius 2 is 2.00 bits per heavy atom. The number of allylic oxidation sites excluding steroid dienone is 1. The number of rotatable bonds is 12. The number of hydrogen-bond donors (Lipinski definition) is 1. The number of carboxylic acids is 1. The van der Waals surface area contributed by atoms with Gasteiger partial charge >= 0.3 is 5.97 Å². The maximum absolute atomic E-state index is 11.1. The third-order valence-electron chi connectivity index (χ3n) is 5.99. The molecule has 1 aliphatic rings. The van der Waals surface area contributed by atoms with E-state index in [1.54, 1.807) is 0 Å². The fourth-order valence-electron chi connectivity index (χ4n) is 4.01. The summed E-state index contributed by atoms with van der Waals surface area (Å²) in [6.45, 7) is 11.0. The highest BCUT2D eigenvalue weighted by molar-refractivity contribution is 5.67. The van der Waals surface area contributed by atoms with Crippen molar-refractivity contribution in [3.05, 3.63) is 11.6 Å². The van der Waals surface area contributed by atoms with Gasteiger partial charge in [0.2, 0.25) is 0 Å². The lowest BCUT2D eigenvalue weighted by molar-refractivity contribution is -0.409. The van der Waals surface area contributed by atoms with Crippen molar-refractivity contribution in [2.45, 2.75) is 111 Å². The minimum absolute atomic E-state index is 0.0115. The average Bonchev–Trinajstić information content (AvgIpc) is 2.65. The molecule has 152 valence electrons. The van der Waals surface area contributed by atoms with Crippen molar-refractivity contribution in [2.75, 3.05) is 0 Å². The molecule has 4 heteroatoms. The zero-order valence-electron chi connectivity index (χ0n) is 17.6. The van der Waals surface area contributed by atoms with Gasteiger partial charge in [0, 0.05) is 0 Å². The number of hydrogen-bond acceptors (Lipinski definition) is 3. The predicted molar refractivity (Wildman–Crippen MR) is 106 cm³/mol. The van der Waals surface area contributed by atoms with Gasteiger partial charge < -0.3 is 5.11 Å². The van der Waals surface area contributed by atoms with E-state index in [9.17, 15) is 4.79 Å². The Hall–Kier alpha value is -0.870. The third-order valence-corrected chi connectivity index (χ3v) is 5.99. The minimum Gasteiger partial charge on any atom is -0.481 e. The monoisotopic (exact) mass is 368 g/mol. The lowest BCUT2D eigenvalue weighted by Crippen LogP contribution is -2.44. The van der Waals surface area contributed by atoms with E-state index in [0.29, 0.717) is 0 Å². The van der Waals surface area contributed by atoms with Crippen molar-refractivity contribution in [1.82, 2.24) is 0 Å². The van der Waals surface area contributed by atoms with Crippen LogP contribution in [0.15, 0.2) is 11.6 Å². The lowest BCUT2D eigenvalue weighted by Gasteiger charge is -2.41. The van der Waals surface area contributed by atoms with Gasteiger partial charge in [0.05, 0.1) is 6.42 Å². The number of unbranched alkanes of at least 4 members (excludes halogenated alkanes) is 1. The zero-order chi connectivity index (χ0) is 19.6. The van der Waals surface area contributed by atoms with Gasteiger partial charge in [-0.25, -0.2) is 9.78 Å². The molecule has 26 heavy (non-hydrogen) atoms. The summed E-state index contributed by atoms with van der Waals surface area (Å²) in [5.41, 5.74) is 1.04. The van der Waals surface area contributed by atoms with E-state index in [2.05, 4.69) is 40.7 Å². The minimum atomic E-state index is -0.826. The molecule has 1 aliphatic heterocycles. The highest BCUT2D eigenvalue weighted by Gasteiger charge is 2.41. The van der Waals surface area contributed by atoms with E-state index >= 15 is 0 Å². The molecule has 4 nitrogen and oxygen atoms in total. The van der Waals surface area contributed by atoms with Crippen molar-refractivity contribution in [3.8, 4) is 0 Å². The molecule has 0 saturated carbocycles. The van der Waals surface area contributed by atoms with Crippen LogP contribution in [0.3, 0.4) is 0 Å². The SMILES string of the molecule is CCCCC(CC)C/C(=C/[C@@]1(CC)C[C@H](CC)[C@H](CC(=O)O)OO1)CC. The summed E-state index contributed by atoms with van der Waals surface area (Å²) in [5.74, 6) is 0.130. The van der Waals surface area contributed by atoms with Crippen LogP contribution >= 0.6 is 0 Å². The first-order valence-corrected chi connectivity index (χ1v) is 10.7. The van der Waals surface area contributed by atoms with Crippen molar-refractivity contribution >= 4 is 5.97 Å². The van der Waals surface area contributed by atoms with Crippen LogP contribution in [0, 0.1) is 11.8 Å². The second kappa shape index (κ2) is 11.8. The van der Waals surface area contributed by atoms with Gasteiger partial charge in [0.25, 0.3) is 0 Å². The first-order valence-electron chi connectivity index (χ1n) is 10.7. The van der Waals surface area contributed by atoms with Crippen molar-refractivity contribution < 1.29 is 19.7 Å². The zero-order valence-corrected chi connectivity index (χ0v) is 17.6. The van der Waals surface area contributed by atoms with Crippen LogP contribution in [0.25, 0.3) is 0 Å². The van der Waals surface area contributed by atoms with Crippen LogP contribution in [0.4, 0.5) is 0 Å². The highest BCUT2D eigenvalue weighted by Crippen LogP contribution is 2.39. The summed E-state index contributed by atoms with van der Waals surface area (Å²) in [6, 6.07) is 0. The highest BCUT2D eigenvalue weighted by atomic mass is 17.2. The number of carbonyl (C=O) groups is 1. The molecule has 0 aromatic heterocycles. The summed E-state index contributed by atoms with van der Waals surface area (Å²) in [5, 5.41) is 9.10.